The predicted octanol–water partition coefficient (Wildman–Crippen LogP) is 7.03. The summed E-state index contributed by atoms with van der Waals surface area (Å²) in [6.07, 6.45) is 4.71. The zero-order valence-corrected chi connectivity index (χ0v) is 24.8. The van der Waals surface area contributed by atoms with Crippen molar-refractivity contribution in [2.75, 3.05) is 32.3 Å². The summed E-state index contributed by atoms with van der Waals surface area (Å²) in [4.78, 5) is 11.4. The van der Waals surface area contributed by atoms with Crippen LogP contribution in [0.1, 0.15) is 54.4 Å². The number of fused-ring (bicyclic) bond motifs is 10. The van der Waals surface area contributed by atoms with Crippen LogP contribution < -0.4 is 10.6 Å². The van der Waals surface area contributed by atoms with Gasteiger partial charge in [0.05, 0.1) is 0 Å². The Morgan fingerprint density at radius 2 is 1.27 bits per heavy atom. The topological polar surface area (TPSA) is 24.1 Å². The van der Waals surface area contributed by atoms with Crippen LogP contribution in [-0.2, 0) is 6.51 Å². The van der Waals surface area contributed by atoms with Crippen LogP contribution in [-0.4, -0.2) is 47.8 Å². The van der Waals surface area contributed by atoms with Gasteiger partial charge in [0.2, 0.25) is 0 Å². The molecule has 0 saturated carbocycles. The van der Waals surface area contributed by atoms with Gasteiger partial charge >= 0.3 is 195 Å². The molecule has 1 spiro atoms. The molecule has 12 fully saturated rings. The van der Waals surface area contributed by atoms with Crippen molar-refractivity contribution in [3.63, 3.8) is 0 Å². The first-order valence-electron chi connectivity index (χ1n) is 14.4. The van der Waals surface area contributed by atoms with E-state index in [9.17, 15) is 0 Å². The van der Waals surface area contributed by atoms with E-state index < -0.39 is 6.51 Å². The van der Waals surface area contributed by atoms with Crippen LogP contribution in [0.15, 0.2) is 0 Å². The van der Waals surface area contributed by atoms with E-state index in [1.807, 2.05) is 0 Å². The van der Waals surface area contributed by atoms with Crippen molar-refractivity contribution in [2.45, 2.75) is 117 Å². The number of rotatable bonds is 5. The van der Waals surface area contributed by atoms with Gasteiger partial charge in [0, 0.05) is 0 Å². The molecule has 5 heteroatoms. The summed E-state index contributed by atoms with van der Waals surface area (Å²) in [5.41, 5.74) is 0. The predicted molar refractivity (Wildman–Crippen MR) is 141 cm³/mol. The average Bonchev–Trinajstić information content (AvgIpc) is 3.55. The zero-order chi connectivity index (χ0) is 22.5. The van der Waals surface area contributed by atoms with Gasteiger partial charge in [-0.25, -0.2) is 0 Å². The van der Waals surface area contributed by atoms with Crippen molar-refractivity contribution in [1.29, 1.82) is 0 Å². The molecule has 12 heterocycles. The maximum absolute atomic E-state index is 3.90. The van der Waals surface area contributed by atoms with Gasteiger partial charge in [0.25, 0.3) is 0 Å². The summed E-state index contributed by atoms with van der Waals surface area (Å²) in [6.45, 7) is 17.6. The maximum atomic E-state index is 3.90. The van der Waals surface area contributed by atoms with Crippen molar-refractivity contribution in [3.8, 4) is 0 Å². The van der Waals surface area contributed by atoms with E-state index in [2.05, 4.69) is 61.4 Å². The Morgan fingerprint density at radius 1 is 0.788 bits per heavy atom. The summed E-state index contributed by atoms with van der Waals surface area (Å²) >= 11 is 0. The van der Waals surface area contributed by atoms with Crippen LogP contribution >= 0.6 is 17.2 Å². The molecule has 33 heavy (non-hydrogen) atoms. The Kier molecular flexibility index (Phi) is 1.39. The van der Waals surface area contributed by atoms with Gasteiger partial charge in [-0.05, 0) is 0 Å². The minimum absolute atomic E-state index is 0.0423. The molecule has 8 atom stereocenters. The molecule has 0 aromatic carbocycles. The van der Waals surface area contributed by atoms with E-state index in [4.69, 9.17) is 0 Å². The van der Waals surface area contributed by atoms with Crippen molar-refractivity contribution < 1.29 is 6.51 Å². The fourth-order valence-corrected chi connectivity index (χ4v) is 112. The van der Waals surface area contributed by atoms with E-state index in [0.717, 1.165) is 20.5 Å². The summed E-state index contributed by atoms with van der Waals surface area (Å²) in [7, 11) is 3.93. The normalized spacial score (nSPS) is 82.1. The van der Waals surface area contributed by atoms with Gasteiger partial charge in [0.15, 0.2) is 0 Å². The fourth-order valence-electron chi connectivity index (χ4n) is 23.5. The third-order valence-electron chi connectivity index (χ3n) is 21.3. The Balaban J connectivity index is 1.16. The summed E-state index contributed by atoms with van der Waals surface area (Å²) in [5.74, 6) is 1.92. The first kappa shape index (κ1) is 18.5. The molecule has 2 nitrogen and oxygen atoms in total. The van der Waals surface area contributed by atoms with Crippen molar-refractivity contribution >= 4 is 17.2 Å². The first-order valence-corrected chi connectivity index (χ1v) is 22.7. The Hall–Kier alpha value is 1.30. The van der Waals surface area contributed by atoms with Crippen LogP contribution in [0.5, 0.6) is 0 Å². The second kappa shape index (κ2) is 2.48. The van der Waals surface area contributed by atoms with Crippen molar-refractivity contribution in [3.05, 3.63) is 0 Å². The summed E-state index contributed by atoms with van der Waals surface area (Å²) < 4.78 is 1.92. The number of nitrogens with one attached hydrogen (secondary N) is 2. The summed E-state index contributed by atoms with van der Waals surface area (Å²) in [5, 5.41) is 9.40. The van der Waals surface area contributed by atoms with E-state index in [1.54, 1.807) is 6.16 Å². The van der Waals surface area contributed by atoms with Crippen LogP contribution in [0.3, 0.4) is 0 Å². The first-order chi connectivity index (χ1) is 15.2. The quantitative estimate of drug-likeness (QED) is 0.296. The Morgan fingerprint density at radius 3 is 1.61 bits per heavy atom. The molecule has 0 amide bonds. The van der Waals surface area contributed by atoms with Gasteiger partial charge in [-0.1, -0.05) is 0 Å². The van der Waals surface area contributed by atoms with E-state index in [0.29, 0.717) is 15.5 Å². The van der Waals surface area contributed by atoms with Gasteiger partial charge in [-0.3, -0.25) is 0 Å². The monoisotopic (exact) mass is 528 g/mol. The molecule has 12 aliphatic rings. The molecule has 2 N–H and O–H groups in total. The van der Waals surface area contributed by atoms with Crippen LogP contribution in [0, 0.1) is 11.8 Å². The van der Waals surface area contributed by atoms with E-state index in [1.165, 1.54) is 77.6 Å². The minimum atomic E-state index is -3.53. The van der Waals surface area contributed by atoms with Gasteiger partial charge in [0.1, 0.15) is 0 Å². The number of hydrogen-bond acceptors (Lipinski definition) is 2. The molecule has 12 saturated heterocycles. The fraction of sp³-hybridized carbons (Fsp3) is 1.00. The average molecular weight is 528 g/mol. The molecule has 0 aromatic heterocycles. The third kappa shape index (κ3) is 0.415. The molecule has 0 aromatic rings. The third-order valence-corrected chi connectivity index (χ3v) is 70.9. The Bertz CT molecular complexity index is 1410. The van der Waals surface area contributed by atoms with Crippen molar-refractivity contribution in [1.82, 2.24) is 10.6 Å². The molecule has 0 aliphatic carbocycles. The summed E-state index contributed by atoms with van der Waals surface area (Å²) in [6, 6.07) is 0. The molecule has 0 radical (unpaired) electrons. The van der Waals surface area contributed by atoms with Crippen LogP contribution in [0.25, 0.3) is 0 Å². The molecule has 8 unspecified atom stereocenters. The van der Waals surface area contributed by atoms with Crippen LogP contribution in [0.4, 0.5) is 0 Å². The molecule has 12 aliphatic heterocycles. The molecular formula is C28H46FeN2P2. The van der Waals surface area contributed by atoms with Gasteiger partial charge in [-0.15, -0.1) is 0 Å². The number of hydrogen-bond donors (Lipinski definition) is 2. The van der Waals surface area contributed by atoms with Crippen LogP contribution in [0.2, 0.25) is 47.2 Å². The standard InChI is InChI=1S/C23H41N2P2.C5H5.Fe/c1-21(2,3)27(22(4,5)6)16-17-8-7-9-20(17)23(26,18-10-12-24-14-18)19-11-13-25-15-19;1-2-4-5-3-1;/h7-9,18-19,24-25H,10-16,26H2,1-6H3;1-5H;. The van der Waals surface area contributed by atoms with Gasteiger partial charge in [-0.2, -0.15) is 0 Å². The van der Waals surface area contributed by atoms with Gasteiger partial charge < -0.3 is 0 Å². The molecule has 186 valence electrons. The second-order valence-electron chi connectivity index (χ2n) is 19.1. The van der Waals surface area contributed by atoms with E-state index >= 15 is 0 Å². The van der Waals surface area contributed by atoms with E-state index in [-0.39, 0.29) is 7.92 Å². The second-order valence-corrected chi connectivity index (χ2v) is 47.3. The zero-order valence-electron chi connectivity index (χ0n) is 21.6. The molecular weight excluding hydrogens is 482 g/mol. The molecule has 12 rings (SSSR count). The van der Waals surface area contributed by atoms with Crippen molar-refractivity contribution in [2.24, 2.45) is 11.8 Å². The SMILES string of the molecule is CC(C)(C)P(C[C]12[CH]3[CH]4[CH]5[C]1(C(P)(C1CCNC1)C1CCNC1)[Fe]43521678[CH]2[CH]1[CH]6[CH]7[CH]28)C(C)(C)C. The molecule has 0 bridgehead atoms. The Labute approximate surface area is 194 Å².